The number of nitrogens with two attached hydrogens (primary N) is 1. The molecule has 1 atom stereocenters. The van der Waals surface area contributed by atoms with Crippen LogP contribution in [0.4, 0.5) is 13.2 Å². The zero-order chi connectivity index (χ0) is 14.5. The van der Waals surface area contributed by atoms with Gasteiger partial charge in [0, 0.05) is 12.0 Å². The number of carbonyl (C=O) groups excluding carboxylic acids is 1. The van der Waals surface area contributed by atoms with Crippen molar-refractivity contribution in [1.82, 2.24) is 5.32 Å². The van der Waals surface area contributed by atoms with E-state index in [4.69, 9.17) is 5.73 Å². The Hall–Kier alpha value is -0.780. The lowest BCUT2D eigenvalue weighted by atomic mass is 9.81. The second kappa shape index (κ2) is 7.12. The Morgan fingerprint density at radius 1 is 1.32 bits per heavy atom. The average molecular weight is 280 g/mol. The molecule has 0 aromatic heterocycles. The standard InChI is InChI=1S/C13H23F3N2O/c1-9(3-2-8-17)18-12(19)10-4-6-11(7-5-10)13(14,15)16/h9-11H,2-8,17H2,1H3,(H,18,19). The molecule has 0 heterocycles. The highest BCUT2D eigenvalue weighted by Crippen LogP contribution is 2.39. The minimum absolute atomic E-state index is 0.0383. The average Bonchev–Trinajstić information content (AvgIpc) is 2.35. The molecule has 0 aromatic rings. The molecule has 3 nitrogen and oxygen atoms in total. The zero-order valence-corrected chi connectivity index (χ0v) is 11.3. The molecule has 1 fully saturated rings. The Kier molecular flexibility index (Phi) is 6.10. The highest BCUT2D eigenvalue weighted by molar-refractivity contribution is 5.78. The predicted molar refractivity (Wildman–Crippen MR) is 67.4 cm³/mol. The molecule has 6 heteroatoms. The Labute approximate surface area is 112 Å². The largest absolute Gasteiger partial charge is 0.391 e. The fourth-order valence-electron chi connectivity index (χ4n) is 2.54. The van der Waals surface area contributed by atoms with E-state index in [1.165, 1.54) is 0 Å². The number of rotatable bonds is 5. The molecule has 3 N–H and O–H groups in total. The van der Waals surface area contributed by atoms with Gasteiger partial charge < -0.3 is 11.1 Å². The van der Waals surface area contributed by atoms with Crippen LogP contribution in [0.25, 0.3) is 0 Å². The maximum Gasteiger partial charge on any atom is 0.391 e. The first kappa shape index (κ1) is 16.3. The lowest BCUT2D eigenvalue weighted by molar-refractivity contribution is -0.184. The number of amides is 1. The maximum atomic E-state index is 12.5. The van der Waals surface area contributed by atoms with Crippen LogP contribution in [0, 0.1) is 11.8 Å². The van der Waals surface area contributed by atoms with Crippen LogP contribution in [0.1, 0.15) is 45.4 Å². The predicted octanol–water partition coefficient (Wildman–Crippen LogP) is 2.60. The van der Waals surface area contributed by atoms with Crippen LogP contribution < -0.4 is 11.1 Å². The van der Waals surface area contributed by atoms with Crippen molar-refractivity contribution in [1.29, 1.82) is 0 Å². The van der Waals surface area contributed by atoms with Crippen LogP contribution in [0.15, 0.2) is 0 Å². The van der Waals surface area contributed by atoms with Crippen LogP contribution in [0.5, 0.6) is 0 Å². The minimum Gasteiger partial charge on any atom is -0.353 e. The monoisotopic (exact) mass is 280 g/mol. The quantitative estimate of drug-likeness (QED) is 0.813. The third kappa shape index (κ3) is 5.38. The Morgan fingerprint density at radius 3 is 2.37 bits per heavy atom. The van der Waals surface area contributed by atoms with E-state index >= 15 is 0 Å². The second-order valence-electron chi connectivity index (χ2n) is 5.43. The number of carbonyl (C=O) groups is 1. The van der Waals surface area contributed by atoms with E-state index in [9.17, 15) is 18.0 Å². The Bertz CT molecular complexity index is 286. The molecule has 0 aromatic carbocycles. The molecule has 0 radical (unpaired) electrons. The first-order valence-corrected chi connectivity index (χ1v) is 6.91. The summed E-state index contributed by atoms with van der Waals surface area (Å²) in [5, 5.41) is 2.86. The van der Waals surface area contributed by atoms with Crippen LogP contribution in [-0.2, 0) is 4.79 Å². The van der Waals surface area contributed by atoms with Gasteiger partial charge in [0.25, 0.3) is 0 Å². The topological polar surface area (TPSA) is 55.1 Å². The molecule has 1 unspecified atom stereocenters. The second-order valence-corrected chi connectivity index (χ2v) is 5.43. The summed E-state index contributed by atoms with van der Waals surface area (Å²) < 4.78 is 37.5. The van der Waals surface area contributed by atoms with Crippen LogP contribution >= 0.6 is 0 Å². The summed E-state index contributed by atoms with van der Waals surface area (Å²) in [5.74, 6) is -1.60. The number of hydrogen-bond donors (Lipinski definition) is 2. The molecule has 1 aliphatic carbocycles. The molecule has 112 valence electrons. The summed E-state index contributed by atoms with van der Waals surface area (Å²) in [6, 6.07) is 0.0383. The van der Waals surface area contributed by atoms with Crippen molar-refractivity contribution in [2.75, 3.05) is 6.54 Å². The summed E-state index contributed by atoms with van der Waals surface area (Å²) in [6.45, 7) is 2.48. The van der Waals surface area contributed by atoms with E-state index in [0.29, 0.717) is 19.4 Å². The fourth-order valence-corrected chi connectivity index (χ4v) is 2.54. The summed E-state index contributed by atoms with van der Waals surface area (Å²) in [6.07, 6.45) is -1.67. The van der Waals surface area contributed by atoms with Gasteiger partial charge in [-0.3, -0.25) is 4.79 Å². The molecule has 1 saturated carbocycles. The third-order valence-electron chi connectivity index (χ3n) is 3.79. The van der Waals surface area contributed by atoms with E-state index in [2.05, 4.69) is 5.32 Å². The van der Waals surface area contributed by atoms with Crippen molar-refractivity contribution in [2.24, 2.45) is 17.6 Å². The number of alkyl halides is 3. The molecule has 19 heavy (non-hydrogen) atoms. The van der Waals surface area contributed by atoms with Crippen molar-refractivity contribution in [2.45, 2.75) is 57.7 Å². The highest BCUT2D eigenvalue weighted by Gasteiger charge is 2.42. The molecule has 0 aliphatic heterocycles. The van der Waals surface area contributed by atoms with Gasteiger partial charge >= 0.3 is 6.18 Å². The van der Waals surface area contributed by atoms with Crippen LogP contribution in [0.2, 0.25) is 0 Å². The molecular weight excluding hydrogens is 257 g/mol. The van der Waals surface area contributed by atoms with Gasteiger partial charge in [-0.15, -0.1) is 0 Å². The number of hydrogen-bond acceptors (Lipinski definition) is 2. The Morgan fingerprint density at radius 2 is 1.89 bits per heavy atom. The van der Waals surface area contributed by atoms with Crippen molar-refractivity contribution in [3.63, 3.8) is 0 Å². The van der Waals surface area contributed by atoms with E-state index < -0.39 is 12.1 Å². The van der Waals surface area contributed by atoms with E-state index in [1.807, 2.05) is 6.92 Å². The molecule has 1 rings (SSSR count). The van der Waals surface area contributed by atoms with Crippen molar-refractivity contribution in [3.8, 4) is 0 Å². The first-order chi connectivity index (χ1) is 8.84. The van der Waals surface area contributed by atoms with Gasteiger partial charge in [-0.25, -0.2) is 0 Å². The third-order valence-corrected chi connectivity index (χ3v) is 3.79. The van der Waals surface area contributed by atoms with Gasteiger partial charge in [-0.05, 0) is 52.0 Å². The highest BCUT2D eigenvalue weighted by atomic mass is 19.4. The van der Waals surface area contributed by atoms with Crippen LogP contribution in [-0.4, -0.2) is 24.7 Å². The van der Waals surface area contributed by atoms with Gasteiger partial charge in [0.05, 0.1) is 5.92 Å². The van der Waals surface area contributed by atoms with E-state index in [0.717, 1.165) is 12.8 Å². The van der Waals surface area contributed by atoms with Crippen LogP contribution in [0.3, 0.4) is 0 Å². The summed E-state index contributed by atoms with van der Waals surface area (Å²) in [5.41, 5.74) is 5.39. The summed E-state index contributed by atoms with van der Waals surface area (Å²) in [4.78, 5) is 11.9. The first-order valence-electron chi connectivity index (χ1n) is 6.91. The van der Waals surface area contributed by atoms with Gasteiger partial charge in [0.1, 0.15) is 0 Å². The normalized spacial score (nSPS) is 25.9. The smallest absolute Gasteiger partial charge is 0.353 e. The SMILES string of the molecule is CC(CCCN)NC(=O)C1CCC(C(F)(F)F)CC1. The van der Waals surface area contributed by atoms with E-state index in [-0.39, 0.29) is 30.7 Å². The molecule has 0 spiro atoms. The van der Waals surface area contributed by atoms with Crippen molar-refractivity contribution >= 4 is 5.91 Å². The lowest BCUT2D eigenvalue weighted by Crippen LogP contribution is -2.40. The van der Waals surface area contributed by atoms with Gasteiger partial charge in [0.2, 0.25) is 5.91 Å². The maximum absolute atomic E-state index is 12.5. The summed E-state index contributed by atoms with van der Waals surface area (Å²) in [7, 11) is 0. The zero-order valence-electron chi connectivity index (χ0n) is 11.3. The molecular formula is C13H23F3N2O. The van der Waals surface area contributed by atoms with E-state index in [1.54, 1.807) is 0 Å². The van der Waals surface area contributed by atoms with Crippen molar-refractivity contribution < 1.29 is 18.0 Å². The lowest BCUT2D eigenvalue weighted by Gasteiger charge is -2.29. The van der Waals surface area contributed by atoms with Gasteiger partial charge in [-0.2, -0.15) is 13.2 Å². The molecule has 1 amide bonds. The van der Waals surface area contributed by atoms with Crippen molar-refractivity contribution in [3.05, 3.63) is 0 Å². The minimum atomic E-state index is -4.12. The molecule has 1 aliphatic rings. The number of nitrogens with one attached hydrogen (secondary N) is 1. The Balaban J connectivity index is 2.33. The van der Waals surface area contributed by atoms with Gasteiger partial charge in [0.15, 0.2) is 0 Å². The summed E-state index contributed by atoms with van der Waals surface area (Å²) >= 11 is 0. The number of halogens is 3. The fraction of sp³-hybridized carbons (Fsp3) is 0.923. The molecule has 0 saturated heterocycles. The molecule has 0 bridgehead atoms. The van der Waals surface area contributed by atoms with Gasteiger partial charge in [-0.1, -0.05) is 0 Å².